The van der Waals surface area contributed by atoms with Gasteiger partial charge in [0.25, 0.3) is 0 Å². The second kappa shape index (κ2) is 5.16. The monoisotopic (exact) mass is 195 g/mol. The Balaban J connectivity index is 1.82. The lowest BCUT2D eigenvalue weighted by Gasteiger charge is -2.38. The van der Waals surface area contributed by atoms with Crippen molar-refractivity contribution in [2.24, 2.45) is 5.92 Å². The third-order valence-corrected chi connectivity index (χ3v) is 4.30. The van der Waals surface area contributed by atoms with Gasteiger partial charge >= 0.3 is 0 Å². The molecule has 1 nitrogen and oxygen atoms in total. The summed E-state index contributed by atoms with van der Waals surface area (Å²) in [5, 5.41) is 0. The predicted octanol–water partition coefficient (Wildman–Crippen LogP) is 3.44. The summed E-state index contributed by atoms with van der Waals surface area (Å²) in [5.41, 5.74) is 0. The van der Waals surface area contributed by atoms with Crippen molar-refractivity contribution < 1.29 is 0 Å². The van der Waals surface area contributed by atoms with Gasteiger partial charge in [-0.3, -0.25) is 0 Å². The van der Waals surface area contributed by atoms with Crippen molar-refractivity contribution in [2.45, 2.75) is 64.3 Å². The molecule has 82 valence electrons. The Kier molecular flexibility index (Phi) is 3.86. The zero-order chi connectivity index (χ0) is 9.80. The molecule has 1 atom stereocenters. The summed E-state index contributed by atoms with van der Waals surface area (Å²) in [6, 6.07) is 0.871. The molecular weight excluding hydrogens is 170 g/mol. The molecule has 1 aliphatic carbocycles. The molecule has 14 heavy (non-hydrogen) atoms. The van der Waals surface area contributed by atoms with Gasteiger partial charge in [-0.05, 0) is 51.6 Å². The zero-order valence-electron chi connectivity index (χ0n) is 9.67. The minimum absolute atomic E-state index is 0.871. The third-order valence-electron chi connectivity index (χ3n) is 4.30. The summed E-state index contributed by atoms with van der Waals surface area (Å²) in [6.07, 6.45) is 11.8. The normalized spacial score (nSPS) is 28.9. The Morgan fingerprint density at radius 3 is 2.07 bits per heavy atom. The highest BCUT2D eigenvalue weighted by molar-refractivity contribution is 4.80. The fraction of sp³-hybridized carbons (Fsp3) is 1.00. The molecule has 1 unspecified atom stereocenters. The van der Waals surface area contributed by atoms with Crippen molar-refractivity contribution in [1.82, 2.24) is 4.90 Å². The average molecular weight is 195 g/mol. The van der Waals surface area contributed by atoms with Crippen LogP contribution in [0.3, 0.4) is 0 Å². The number of hydrogen-bond acceptors (Lipinski definition) is 1. The number of piperidine rings is 1. The molecule has 0 radical (unpaired) electrons. The molecular formula is C13H25N. The number of hydrogen-bond donors (Lipinski definition) is 0. The molecule has 0 aromatic rings. The van der Waals surface area contributed by atoms with Crippen molar-refractivity contribution in [3.63, 3.8) is 0 Å². The van der Waals surface area contributed by atoms with Crippen LogP contribution in [0.25, 0.3) is 0 Å². The molecule has 0 aromatic carbocycles. The van der Waals surface area contributed by atoms with Crippen molar-refractivity contribution in [2.75, 3.05) is 13.1 Å². The molecule has 1 saturated carbocycles. The van der Waals surface area contributed by atoms with E-state index in [1.165, 1.54) is 64.5 Å². The fourth-order valence-electron chi connectivity index (χ4n) is 3.24. The summed E-state index contributed by atoms with van der Waals surface area (Å²) in [6.45, 7) is 5.22. The van der Waals surface area contributed by atoms with Gasteiger partial charge in [0, 0.05) is 6.04 Å². The highest BCUT2D eigenvalue weighted by Crippen LogP contribution is 2.29. The molecule has 1 heterocycles. The highest BCUT2D eigenvalue weighted by Gasteiger charge is 2.25. The van der Waals surface area contributed by atoms with E-state index in [1.807, 2.05) is 0 Å². The molecule has 1 heteroatoms. The van der Waals surface area contributed by atoms with Crippen molar-refractivity contribution in [1.29, 1.82) is 0 Å². The summed E-state index contributed by atoms with van der Waals surface area (Å²) in [7, 11) is 0. The summed E-state index contributed by atoms with van der Waals surface area (Å²) in [5.74, 6) is 1.02. The molecule has 0 spiro atoms. The number of likely N-dealkylation sites (tertiary alicyclic amines) is 1. The third kappa shape index (κ3) is 2.50. The lowest BCUT2D eigenvalue weighted by molar-refractivity contribution is 0.109. The van der Waals surface area contributed by atoms with Crippen LogP contribution < -0.4 is 0 Å². The van der Waals surface area contributed by atoms with E-state index < -0.39 is 0 Å². The van der Waals surface area contributed by atoms with Crippen LogP contribution in [0, 0.1) is 5.92 Å². The average Bonchev–Trinajstić information content (AvgIpc) is 2.30. The van der Waals surface area contributed by atoms with Crippen LogP contribution >= 0.6 is 0 Å². The lowest BCUT2D eigenvalue weighted by atomic mass is 9.83. The summed E-state index contributed by atoms with van der Waals surface area (Å²) in [4.78, 5) is 2.75. The maximum absolute atomic E-state index is 2.75. The van der Waals surface area contributed by atoms with E-state index in [2.05, 4.69) is 11.8 Å². The predicted molar refractivity (Wildman–Crippen MR) is 61.5 cm³/mol. The van der Waals surface area contributed by atoms with Crippen LogP contribution in [0.2, 0.25) is 0 Å². The van der Waals surface area contributed by atoms with E-state index >= 15 is 0 Å². The van der Waals surface area contributed by atoms with Crippen LogP contribution in [0.4, 0.5) is 0 Å². The molecule has 2 rings (SSSR count). The van der Waals surface area contributed by atoms with E-state index in [1.54, 1.807) is 0 Å². The van der Waals surface area contributed by atoms with Gasteiger partial charge in [0.1, 0.15) is 0 Å². The molecule has 1 saturated heterocycles. The SMILES string of the molecule is CC(C1CCCCC1)N1CCCCC1. The fourth-order valence-corrected chi connectivity index (χ4v) is 3.24. The lowest BCUT2D eigenvalue weighted by Crippen LogP contribution is -2.42. The van der Waals surface area contributed by atoms with E-state index in [-0.39, 0.29) is 0 Å². The van der Waals surface area contributed by atoms with Gasteiger partial charge in [0.05, 0.1) is 0 Å². The first-order valence-electron chi connectivity index (χ1n) is 6.62. The summed E-state index contributed by atoms with van der Waals surface area (Å²) >= 11 is 0. The molecule has 0 N–H and O–H groups in total. The van der Waals surface area contributed by atoms with Crippen molar-refractivity contribution in [3.05, 3.63) is 0 Å². The standard InChI is InChI=1S/C13H25N/c1-12(13-8-4-2-5-9-13)14-10-6-3-7-11-14/h12-13H,2-11H2,1H3. The molecule has 2 aliphatic rings. The number of rotatable bonds is 2. The highest BCUT2D eigenvalue weighted by atomic mass is 15.2. The topological polar surface area (TPSA) is 3.24 Å². The Morgan fingerprint density at radius 1 is 0.857 bits per heavy atom. The molecule has 0 bridgehead atoms. The van der Waals surface area contributed by atoms with Gasteiger partial charge in [0.2, 0.25) is 0 Å². The number of nitrogens with zero attached hydrogens (tertiary/aromatic N) is 1. The van der Waals surface area contributed by atoms with Gasteiger partial charge in [-0.2, -0.15) is 0 Å². The molecule has 1 aliphatic heterocycles. The second-order valence-electron chi connectivity index (χ2n) is 5.24. The molecule has 0 aromatic heterocycles. The first kappa shape index (κ1) is 10.5. The minimum Gasteiger partial charge on any atom is -0.300 e. The zero-order valence-corrected chi connectivity index (χ0v) is 9.67. The van der Waals surface area contributed by atoms with Gasteiger partial charge in [-0.25, -0.2) is 0 Å². The first-order chi connectivity index (χ1) is 6.88. The Bertz CT molecular complexity index is 137. The largest absolute Gasteiger partial charge is 0.300 e. The molecule has 2 fully saturated rings. The Labute approximate surface area is 88.9 Å². The minimum atomic E-state index is 0.871. The second-order valence-corrected chi connectivity index (χ2v) is 5.24. The van der Waals surface area contributed by atoms with Crippen molar-refractivity contribution in [3.8, 4) is 0 Å². The van der Waals surface area contributed by atoms with Gasteiger partial charge in [-0.15, -0.1) is 0 Å². The maximum Gasteiger partial charge on any atom is 0.00951 e. The van der Waals surface area contributed by atoms with Gasteiger partial charge in [0.15, 0.2) is 0 Å². The van der Waals surface area contributed by atoms with Crippen LogP contribution in [-0.4, -0.2) is 24.0 Å². The Morgan fingerprint density at radius 2 is 1.43 bits per heavy atom. The smallest absolute Gasteiger partial charge is 0.00951 e. The van der Waals surface area contributed by atoms with Crippen molar-refractivity contribution >= 4 is 0 Å². The first-order valence-corrected chi connectivity index (χ1v) is 6.62. The Hall–Kier alpha value is -0.0400. The molecule has 0 amide bonds. The van der Waals surface area contributed by atoms with Gasteiger partial charge in [-0.1, -0.05) is 25.7 Å². The van der Waals surface area contributed by atoms with Crippen LogP contribution in [0.5, 0.6) is 0 Å². The summed E-state index contributed by atoms with van der Waals surface area (Å²) < 4.78 is 0. The van der Waals surface area contributed by atoms with Crippen LogP contribution in [0.15, 0.2) is 0 Å². The van der Waals surface area contributed by atoms with Crippen LogP contribution in [0.1, 0.15) is 58.3 Å². The van der Waals surface area contributed by atoms with Gasteiger partial charge < -0.3 is 4.90 Å². The maximum atomic E-state index is 2.75. The van der Waals surface area contributed by atoms with E-state index in [4.69, 9.17) is 0 Å². The quantitative estimate of drug-likeness (QED) is 0.652. The van der Waals surface area contributed by atoms with E-state index in [9.17, 15) is 0 Å². The van der Waals surface area contributed by atoms with E-state index in [0.29, 0.717) is 0 Å². The van der Waals surface area contributed by atoms with E-state index in [0.717, 1.165) is 12.0 Å². The van der Waals surface area contributed by atoms with Crippen LogP contribution in [-0.2, 0) is 0 Å².